The summed E-state index contributed by atoms with van der Waals surface area (Å²) in [7, 11) is 1.55. The van der Waals surface area contributed by atoms with E-state index in [0.29, 0.717) is 18.3 Å². The van der Waals surface area contributed by atoms with Crippen LogP contribution in [0, 0.1) is 5.92 Å². The second kappa shape index (κ2) is 6.59. The maximum Gasteiger partial charge on any atom is 0.414 e. The van der Waals surface area contributed by atoms with Crippen molar-refractivity contribution in [2.24, 2.45) is 5.92 Å². The van der Waals surface area contributed by atoms with Gasteiger partial charge in [-0.05, 0) is 32.8 Å². The molecule has 0 unspecified atom stereocenters. The third-order valence-electron chi connectivity index (χ3n) is 2.40. The molecule has 0 aromatic carbocycles. The highest BCUT2D eigenvalue weighted by Crippen LogP contribution is 2.22. The first-order valence-electron chi connectivity index (χ1n) is 6.73. The molecular formula is C15H24N2O3. The minimum absolute atomic E-state index is 0.321. The van der Waals surface area contributed by atoms with Gasteiger partial charge in [-0.1, -0.05) is 13.8 Å². The number of rotatable bonds is 4. The predicted molar refractivity (Wildman–Crippen MR) is 79.2 cm³/mol. The molecule has 0 aliphatic rings. The van der Waals surface area contributed by atoms with Crippen molar-refractivity contribution in [3.8, 4) is 5.88 Å². The fourth-order valence-electron chi connectivity index (χ4n) is 1.65. The number of aromatic nitrogens is 1. The molecule has 20 heavy (non-hydrogen) atoms. The Kier molecular flexibility index (Phi) is 5.36. The number of ether oxygens (including phenoxy) is 2. The Morgan fingerprint density at radius 1 is 1.40 bits per heavy atom. The van der Waals surface area contributed by atoms with E-state index in [-0.39, 0.29) is 6.09 Å². The first-order chi connectivity index (χ1) is 9.23. The van der Waals surface area contributed by atoms with E-state index in [0.717, 1.165) is 5.69 Å². The molecule has 0 N–H and O–H groups in total. The Balaban J connectivity index is 3.01. The van der Waals surface area contributed by atoms with Crippen LogP contribution in [0.2, 0.25) is 0 Å². The van der Waals surface area contributed by atoms with Gasteiger partial charge in [0.25, 0.3) is 0 Å². The van der Waals surface area contributed by atoms with Crippen LogP contribution in [0.15, 0.2) is 18.3 Å². The Labute approximate surface area is 120 Å². The summed E-state index contributed by atoms with van der Waals surface area (Å²) in [6.07, 6.45) is 1.26. The van der Waals surface area contributed by atoms with E-state index in [1.54, 1.807) is 30.3 Å². The summed E-state index contributed by atoms with van der Waals surface area (Å²) in [6, 6.07) is 3.50. The summed E-state index contributed by atoms with van der Waals surface area (Å²) >= 11 is 0. The van der Waals surface area contributed by atoms with Gasteiger partial charge in [0.05, 0.1) is 12.8 Å². The van der Waals surface area contributed by atoms with Crippen LogP contribution in [0.3, 0.4) is 0 Å². The zero-order valence-electron chi connectivity index (χ0n) is 13.1. The molecule has 1 rings (SSSR count). The number of carbonyl (C=O) groups is 1. The Hall–Kier alpha value is -1.78. The van der Waals surface area contributed by atoms with Gasteiger partial charge in [-0.15, -0.1) is 0 Å². The monoisotopic (exact) mass is 280 g/mol. The predicted octanol–water partition coefficient (Wildman–Crippen LogP) is 3.49. The van der Waals surface area contributed by atoms with Crippen molar-refractivity contribution in [2.45, 2.75) is 40.2 Å². The van der Waals surface area contributed by atoms with Crippen LogP contribution in [0.25, 0.3) is 0 Å². The summed E-state index contributed by atoms with van der Waals surface area (Å²) < 4.78 is 10.6. The lowest BCUT2D eigenvalue weighted by atomic mass is 10.2. The number of hydrogen-bond acceptors (Lipinski definition) is 4. The number of nitrogens with zero attached hydrogens (tertiary/aromatic N) is 2. The lowest BCUT2D eigenvalue weighted by Crippen LogP contribution is -2.39. The molecule has 5 heteroatoms. The quantitative estimate of drug-likeness (QED) is 0.847. The smallest absolute Gasteiger partial charge is 0.414 e. The average Bonchev–Trinajstić information content (AvgIpc) is 2.33. The zero-order chi connectivity index (χ0) is 15.3. The lowest BCUT2D eigenvalue weighted by Gasteiger charge is -2.28. The van der Waals surface area contributed by atoms with Crippen molar-refractivity contribution in [1.82, 2.24) is 4.98 Å². The molecule has 112 valence electrons. The van der Waals surface area contributed by atoms with E-state index in [1.165, 1.54) is 0 Å². The number of methoxy groups -OCH3 is 1. The van der Waals surface area contributed by atoms with Crippen molar-refractivity contribution in [3.63, 3.8) is 0 Å². The largest absolute Gasteiger partial charge is 0.481 e. The van der Waals surface area contributed by atoms with Gasteiger partial charge in [-0.25, -0.2) is 9.78 Å². The fourth-order valence-corrected chi connectivity index (χ4v) is 1.65. The highest BCUT2D eigenvalue weighted by molar-refractivity contribution is 5.88. The van der Waals surface area contributed by atoms with Crippen LogP contribution in [-0.2, 0) is 4.74 Å². The molecule has 0 aliphatic heterocycles. The molecule has 0 aliphatic carbocycles. The van der Waals surface area contributed by atoms with Crippen LogP contribution in [0.1, 0.15) is 34.6 Å². The summed E-state index contributed by atoms with van der Waals surface area (Å²) in [5.41, 5.74) is 0.198. The van der Waals surface area contributed by atoms with Crippen molar-refractivity contribution in [1.29, 1.82) is 0 Å². The summed E-state index contributed by atoms with van der Waals surface area (Å²) in [5, 5.41) is 0. The van der Waals surface area contributed by atoms with Crippen LogP contribution < -0.4 is 9.64 Å². The molecule has 0 saturated heterocycles. The molecule has 0 saturated carbocycles. The first kappa shape index (κ1) is 16.3. The number of pyridine rings is 1. The van der Waals surface area contributed by atoms with Gasteiger partial charge in [-0.3, -0.25) is 4.90 Å². The van der Waals surface area contributed by atoms with Gasteiger partial charge in [-0.2, -0.15) is 0 Å². The SMILES string of the molecule is COc1cc(N(CC(C)C)C(=O)OC(C)(C)C)ccn1. The standard InChI is InChI=1S/C15H24N2O3/c1-11(2)10-17(14(18)20-15(3,4)5)12-7-8-16-13(9-12)19-6/h7-9,11H,10H2,1-6H3. The number of hydrogen-bond donors (Lipinski definition) is 0. The molecule has 1 aromatic rings. The van der Waals surface area contributed by atoms with E-state index in [2.05, 4.69) is 18.8 Å². The highest BCUT2D eigenvalue weighted by Gasteiger charge is 2.24. The second-order valence-corrected chi connectivity index (χ2v) is 6.04. The Morgan fingerprint density at radius 2 is 2.05 bits per heavy atom. The maximum atomic E-state index is 12.3. The first-order valence-corrected chi connectivity index (χ1v) is 6.73. The van der Waals surface area contributed by atoms with Crippen LogP contribution in [-0.4, -0.2) is 30.3 Å². The van der Waals surface area contributed by atoms with E-state index in [4.69, 9.17) is 9.47 Å². The van der Waals surface area contributed by atoms with Crippen molar-refractivity contribution >= 4 is 11.8 Å². The zero-order valence-corrected chi connectivity index (χ0v) is 13.1. The van der Waals surface area contributed by atoms with Crippen LogP contribution in [0.5, 0.6) is 5.88 Å². The molecule has 1 heterocycles. The van der Waals surface area contributed by atoms with Gasteiger partial charge in [0, 0.05) is 18.8 Å². The van der Waals surface area contributed by atoms with Crippen LogP contribution in [0.4, 0.5) is 10.5 Å². The third-order valence-corrected chi connectivity index (χ3v) is 2.40. The normalized spacial score (nSPS) is 11.3. The molecule has 1 amide bonds. The average molecular weight is 280 g/mol. The summed E-state index contributed by atoms with van der Waals surface area (Å²) in [5.74, 6) is 0.793. The van der Waals surface area contributed by atoms with Gasteiger partial charge in [0.15, 0.2) is 0 Å². The lowest BCUT2D eigenvalue weighted by molar-refractivity contribution is 0.0576. The molecule has 0 fully saturated rings. The van der Waals surface area contributed by atoms with Crippen molar-refractivity contribution in [2.75, 3.05) is 18.6 Å². The van der Waals surface area contributed by atoms with Gasteiger partial charge in [0.1, 0.15) is 5.60 Å². The summed E-state index contributed by atoms with van der Waals surface area (Å²) in [4.78, 5) is 18.0. The van der Waals surface area contributed by atoms with Gasteiger partial charge in [0.2, 0.25) is 5.88 Å². The number of amides is 1. The third kappa shape index (κ3) is 5.07. The van der Waals surface area contributed by atoms with Crippen molar-refractivity contribution in [3.05, 3.63) is 18.3 Å². The van der Waals surface area contributed by atoms with Crippen molar-refractivity contribution < 1.29 is 14.3 Å². The topological polar surface area (TPSA) is 51.7 Å². The van der Waals surface area contributed by atoms with E-state index < -0.39 is 5.60 Å². The maximum absolute atomic E-state index is 12.3. The minimum Gasteiger partial charge on any atom is -0.481 e. The van der Waals surface area contributed by atoms with Crippen LogP contribution >= 0.6 is 0 Å². The van der Waals surface area contributed by atoms with E-state index in [1.807, 2.05) is 20.8 Å². The molecule has 0 radical (unpaired) electrons. The Bertz CT molecular complexity index is 453. The number of anilines is 1. The molecule has 5 nitrogen and oxygen atoms in total. The van der Waals surface area contributed by atoms with E-state index >= 15 is 0 Å². The van der Waals surface area contributed by atoms with Gasteiger partial charge < -0.3 is 9.47 Å². The summed E-state index contributed by atoms with van der Waals surface area (Å²) in [6.45, 7) is 10.2. The molecule has 0 bridgehead atoms. The molecule has 0 spiro atoms. The molecular weight excluding hydrogens is 256 g/mol. The number of carbonyl (C=O) groups excluding carboxylic acids is 1. The second-order valence-electron chi connectivity index (χ2n) is 6.04. The highest BCUT2D eigenvalue weighted by atomic mass is 16.6. The molecule has 0 atom stereocenters. The Morgan fingerprint density at radius 3 is 2.55 bits per heavy atom. The minimum atomic E-state index is -0.524. The van der Waals surface area contributed by atoms with E-state index in [9.17, 15) is 4.79 Å². The van der Waals surface area contributed by atoms with Gasteiger partial charge >= 0.3 is 6.09 Å². The molecule has 1 aromatic heterocycles. The fraction of sp³-hybridized carbons (Fsp3) is 0.600.